The van der Waals surface area contributed by atoms with Gasteiger partial charge < -0.3 is 5.43 Å². The van der Waals surface area contributed by atoms with Crippen LogP contribution in [0.4, 0.5) is 5.69 Å². The molecular formula is C14H16N4. The highest BCUT2D eigenvalue weighted by Crippen LogP contribution is 2.13. The molecule has 0 aliphatic carbocycles. The van der Waals surface area contributed by atoms with Crippen LogP contribution in [0, 0.1) is 13.8 Å². The molecule has 4 heteroatoms. The number of rotatable bonds is 2. The lowest BCUT2D eigenvalue weighted by Crippen LogP contribution is -2.31. The number of aryl methyl sites for hydroxylation is 2. The molecular weight excluding hydrogens is 224 g/mol. The molecule has 0 bridgehead atoms. The van der Waals surface area contributed by atoms with Crippen molar-refractivity contribution in [1.29, 1.82) is 0 Å². The van der Waals surface area contributed by atoms with Gasteiger partial charge in [0.05, 0.1) is 5.69 Å². The van der Waals surface area contributed by atoms with E-state index in [4.69, 9.17) is 5.84 Å². The van der Waals surface area contributed by atoms with Crippen molar-refractivity contribution in [2.45, 2.75) is 13.8 Å². The number of hydrazine groups is 1. The minimum Gasteiger partial charge on any atom is -0.308 e. The van der Waals surface area contributed by atoms with E-state index < -0.39 is 0 Å². The topological polar surface area (TPSA) is 63.3 Å². The summed E-state index contributed by atoms with van der Waals surface area (Å²) in [6.07, 6.45) is 0. The Morgan fingerprint density at radius 3 is 2.44 bits per heavy atom. The first-order valence-electron chi connectivity index (χ1n) is 5.75. The van der Waals surface area contributed by atoms with Crippen LogP contribution in [-0.2, 0) is 0 Å². The molecule has 0 saturated carbocycles. The lowest BCUT2D eigenvalue weighted by molar-refractivity contribution is 1.01. The van der Waals surface area contributed by atoms with E-state index in [1.165, 1.54) is 0 Å². The maximum absolute atomic E-state index is 5.55. The highest BCUT2D eigenvalue weighted by molar-refractivity contribution is 6.00. The third-order valence-electron chi connectivity index (χ3n) is 2.61. The van der Waals surface area contributed by atoms with Gasteiger partial charge in [-0.15, -0.1) is 0 Å². The maximum Gasteiger partial charge on any atom is 0.149 e. The highest BCUT2D eigenvalue weighted by Gasteiger charge is 2.06. The number of aliphatic imine (C=N–C) groups is 1. The number of hydrogen-bond acceptors (Lipinski definition) is 3. The van der Waals surface area contributed by atoms with Gasteiger partial charge in [0.1, 0.15) is 5.84 Å². The van der Waals surface area contributed by atoms with Crippen LogP contribution in [0.25, 0.3) is 0 Å². The van der Waals surface area contributed by atoms with Crippen LogP contribution in [0.1, 0.15) is 17.0 Å². The predicted octanol–water partition coefficient (Wildman–Crippen LogP) is 2.24. The van der Waals surface area contributed by atoms with Crippen molar-refractivity contribution >= 4 is 11.5 Å². The highest BCUT2D eigenvalue weighted by atomic mass is 15.3. The molecule has 2 rings (SSSR count). The standard InChI is InChI=1S/C14H16N4/c1-10-8-9-13(11(2)16-10)14(18-15)17-12-6-4-3-5-7-12/h3-9H,15H2,1-2H3,(H,17,18). The molecule has 0 fully saturated rings. The van der Waals surface area contributed by atoms with E-state index in [0.29, 0.717) is 5.84 Å². The molecule has 4 nitrogen and oxygen atoms in total. The van der Waals surface area contributed by atoms with Crippen LogP contribution in [0.5, 0.6) is 0 Å². The Labute approximate surface area is 107 Å². The Morgan fingerprint density at radius 1 is 1.11 bits per heavy atom. The van der Waals surface area contributed by atoms with E-state index >= 15 is 0 Å². The normalized spacial score (nSPS) is 11.4. The van der Waals surface area contributed by atoms with Gasteiger partial charge in [-0.25, -0.2) is 10.8 Å². The molecule has 1 aromatic heterocycles. The monoisotopic (exact) mass is 240 g/mol. The van der Waals surface area contributed by atoms with Crippen molar-refractivity contribution in [3.8, 4) is 0 Å². The second-order valence-corrected chi connectivity index (χ2v) is 4.03. The molecule has 0 aliphatic rings. The lowest BCUT2D eigenvalue weighted by Gasteiger charge is -2.09. The van der Waals surface area contributed by atoms with Crippen molar-refractivity contribution in [2.24, 2.45) is 10.8 Å². The summed E-state index contributed by atoms with van der Waals surface area (Å²) in [7, 11) is 0. The van der Waals surface area contributed by atoms with E-state index in [1.807, 2.05) is 56.3 Å². The molecule has 0 spiro atoms. The van der Waals surface area contributed by atoms with Crippen LogP contribution in [0.3, 0.4) is 0 Å². The smallest absolute Gasteiger partial charge is 0.149 e. The molecule has 3 N–H and O–H groups in total. The summed E-state index contributed by atoms with van der Waals surface area (Å²) in [4.78, 5) is 8.89. The second kappa shape index (κ2) is 5.42. The zero-order valence-electron chi connectivity index (χ0n) is 10.5. The second-order valence-electron chi connectivity index (χ2n) is 4.03. The minimum absolute atomic E-state index is 0.617. The van der Waals surface area contributed by atoms with Gasteiger partial charge in [-0.05, 0) is 38.1 Å². The largest absolute Gasteiger partial charge is 0.308 e. The summed E-state index contributed by atoms with van der Waals surface area (Å²) >= 11 is 0. The number of aromatic nitrogens is 1. The number of nitrogens with one attached hydrogen (secondary N) is 1. The molecule has 2 aromatic rings. The number of para-hydroxylation sites is 1. The third-order valence-corrected chi connectivity index (χ3v) is 2.61. The van der Waals surface area contributed by atoms with Gasteiger partial charge in [-0.2, -0.15) is 0 Å². The minimum atomic E-state index is 0.617. The summed E-state index contributed by atoms with van der Waals surface area (Å²) in [5.41, 5.74) is 6.28. The van der Waals surface area contributed by atoms with Crippen molar-refractivity contribution in [3.05, 3.63) is 59.4 Å². The molecule has 18 heavy (non-hydrogen) atoms. The third kappa shape index (κ3) is 2.73. The lowest BCUT2D eigenvalue weighted by atomic mass is 10.1. The Bertz CT molecular complexity index is 561. The van der Waals surface area contributed by atoms with Crippen LogP contribution in [-0.4, -0.2) is 10.8 Å². The summed E-state index contributed by atoms with van der Waals surface area (Å²) in [6.45, 7) is 3.90. The fourth-order valence-electron chi connectivity index (χ4n) is 1.74. The number of hydrogen-bond donors (Lipinski definition) is 2. The predicted molar refractivity (Wildman–Crippen MR) is 73.7 cm³/mol. The van der Waals surface area contributed by atoms with E-state index in [9.17, 15) is 0 Å². The quantitative estimate of drug-likeness (QED) is 0.366. The summed E-state index contributed by atoms with van der Waals surface area (Å²) < 4.78 is 0. The SMILES string of the molecule is Cc1ccc(C(=Nc2ccccc2)NN)c(C)n1. The van der Waals surface area contributed by atoms with E-state index in [2.05, 4.69) is 15.4 Å². The van der Waals surface area contributed by atoms with Gasteiger partial charge >= 0.3 is 0 Å². The van der Waals surface area contributed by atoms with Crippen LogP contribution < -0.4 is 11.3 Å². The first kappa shape index (κ1) is 12.3. The van der Waals surface area contributed by atoms with E-state index in [1.54, 1.807) is 0 Å². The van der Waals surface area contributed by atoms with Gasteiger partial charge in [-0.1, -0.05) is 18.2 Å². The average molecular weight is 240 g/mol. The van der Waals surface area contributed by atoms with Gasteiger partial charge in [0.2, 0.25) is 0 Å². The Kier molecular flexibility index (Phi) is 3.69. The fraction of sp³-hybridized carbons (Fsp3) is 0.143. The first-order valence-corrected chi connectivity index (χ1v) is 5.75. The number of nitrogens with two attached hydrogens (primary N) is 1. The summed E-state index contributed by atoms with van der Waals surface area (Å²) in [5, 5.41) is 0. The Morgan fingerprint density at radius 2 is 1.83 bits per heavy atom. The van der Waals surface area contributed by atoms with Crippen molar-refractivity contribution < 1.29 is 0 Å². The van der Waals surface area contributed by atoms with Crippen molar-refractivity contribution in [3.63, 3.8) is 0 Å². The zero-order valence-corrected chi connectivity index (χ0v) is 10.5. The number of amidine groups is 1. The van der Waals surface area contributed by atoms with Crippen molar-refractivity contribution in [2.75, 3.05) is 0 Å². The van der Waals surface area contributed by atoms with Gasteiger partial charge in [0.15, 0.2) is 0 Å². The molecule has 0 atom stereocenters. The number of nitrogens with zero attached hydrogens (tertiary/aromatic N) is 2. The maximum atomic E-state index is 5.55. The van der Waals surface area contributed by atoms with E-state index in [0.717, 1.165) is 22.6 Å². The van der Waals surface area contributed by atoms with Crippen LogP contribution in [0.2, 0.25) is 0 Å². The van der Waals surface area contributed by atoms with Gasteiger partial charge in [0, 0.05) is 17.0 Å². The molecule has 0 radical (unpaired) electrons. The van der Waals surface area contributed by atoms with Crippen LogP contribution in [0.15, 0.2) is 47.5 Å². The molecule has 0 aliphatic heterocycles. The molecule has 1 heterocycles. The number of benzene rings is 1. The molecule has 0 amide bonds. The van der Waals surface area contributed by atoms with Crippen LogP contribution >= 0.6 is 0 Å². The molecule has 0 unspecified atom stereocenters. The van der Waals surface area contributed by atoms with Gasteiger partial charge in [-0.3, -0.25) is 4.98 Å². The summed E-state index contributed by atoms with van der Waals surface area (Å²) in [5.74, 6) is 6.17. The first-order chi connectivity index (χ1) is 8.70. The number of pyridine rings is 1. The summed E-state index contributed by atoms with van der Waals surface area (Å²) in [6, 6.07) is 13.6. The molecule has 92 valence electrons. The molecule has 1 aromatic carbocycles. The Hall–Kier alpha value is -2.20. The van der Waals surface area contributed by atoms with E-state index in [-0.39, 0.29) is 0 Å². The van der Waals surface area contributed by atoms with Crippen molar-refractivity contribution in [1.82, 2.24) is 10.4 Å². The Balaban J connectivity index is 2.42. The average Bonchev–Trinajstić information content (AvgIpc) is 2.38. The zero-order chi connectivity index (χ0) is 13.0. The van der Waals surface area contributed by atoms with Gasteiger partial charge in [0.25, 0.3) is 0 Å². The molecule has 0 saturated heterocycles. The fourth-order valence-corrected chi connectivity index (χ4v) is 1.74.